The third kappa shape index (κ3) is 3.28. The van der Waals surface area contributed by atoms with Crippen molar-refractivity contribution >= 4 is 12.0 Å². The highest BCUT2D eigenvalue weighted by molar-refractivity contribution is 5.86. The molecule has 156 valence electrons. The number of ether oxygens (including phenoxy) is 1. The van der Waals surface area contributed by atoms with E-state index in [9.17, 15) is 9.90 Å². The summed E-state index contributed by atoms with van der Waals surface area (Å²) in [4.78, 5) is 10.9. The number of hydrogen-bond donors (Lipinski definition) is 1. The van der Waals surface area contributed by atoms with Crippen molar-refractivity contribution in [2.24, 2.45) is 17.8 Å². The van der Waals surface area contributed by atoms with Gasteiger partial charge in [0.25, 0.3) is 0 Å². The Morgan fingerprint density at radius 1 is 1.07 bits per heavy atom. The minimum absolute atomic E-state index is 0.0376. The second-order valence-corrected chi connectivity index (χ2v) is 9.54. The van der Waals surface area contributed by atoms with Crippen molar-refractivity contribution in [3.63, 3.8) is 0 Å². The lowest BCUT2D eigenvalue weighted by molar-refractivity contribution is -0.271. The number of benzene rings is 2. The summed E-state index contributed by atoms with van der Waals surface area (Å²) in [7, 11) is 1.63. The number of carboxylic acids is 1. The van der Waals surface area contributed by atoms with Crippen LogP contribution in [0.3, 0.4) is 0 Å². The molecule has 4 aliphatic carbocycles. The highest BCUT2D eigenvalue weighted by Crippen LogP contribution is 2.61. The Morgan fingerprint density at radius 3 is 2.33 bits per heavy atom. The number of aliphatic carboxylic acids is 1. The monoisotopic (exact) mass is 403 g/mol. The molecular weight excluding hydrogens is 376 g/mol. The molecule has 4 nitrogen and oxygen atoms in total. The summed E-state index contributed by atoms with van der Waals surface area (Å²) < 4.78 is 5.58. The minimum atomic E-state index is -0.979. The summed E-state index contributed by atoms with van der Waals surface area (Å²) in [6.45, 7) is 0. The molecular formula is C26H27O4-. The number of carboxylic acid groups (broad SMARTS) is 1. The van der Waals surface area contributed by atoms with Crippen LogP contribution in [0.5, 0.6) is 11.5 Å². The van der Waals surface area contributed by atoms with Gasteiger partial charge in [-0.1, -0.05) is 24.3 Å². The van der Waals surface area contributed by atoms with Gasteiger partial charge in [-0.2, -0.15) is 0 Å². The maximum atomic E-state index is 13.0. The molecule has 0 unspecified atom stereocenters. The van der Waals surface area contributed by atoms with E-state index in [1.165, 1.54) is 19.3 Å². The molecule has 1 N–H and O–H groups in total. The number of methoxy groups -OCH3 is 1. The smallest absolute Gasteiger partial charge is 0.328 e. The van der Waals surface area contributed by atoms with Crippen molar-refractivity contribution in [2.45, 2.75) is 43.9 Å². The summed E-state index contributed by atoms with van der Waals surface area (Å²) in [6.07, 6.45) is 10.2. The molecule has 0 heterocycles. The van der Waals surface area contributed by atoms with Crippen molar-refractivity contribution in [3.05, 3.63) is 53.6 Å². The fraction of sp³-hybridized carbons (Fsp3) is 0.423. The molecule has 6 rings (SSSR count). The molecule has 0 atom stereocenters. The van der Waals surface area contributed by atoms with Gasteiger partial charge in [-0.15, -0.1) is 5.75 Å². The molecule has 4 fully saturated rings. The normalized spacial score (nSPS) is 29.4. The SMILES string of the molecule is COc1ccc(/C=C/C(=O)O)cc1-c1ccc([O-])c(C23CC4CC(CC(C4)C2)C3)c1. The van der Waals surface area contributed by atoms with Crippen LogP contribution in [0.4, 0.5) is 0 Å². The highest BCUT2D eigenvalue weighted by atomic mass is 16.5. The van der Waals surface area contributed by atoms with Crippen LogP contribution in [0.15, 0.2) is 42.5 Å². The van der Waals surface area contributed by atoms with Crippen LogP contribution in [-0.4, -0.2) is 18.2 Å². The van der Waals surface area contributed by atoms with Gasteiger partial charge >= 0.3 is 5.97 Å². The van der Waals surface area contributed by atoms with Crippen LogP contribution in [0.1, 0.15) is 49.7 Å². The van der Waals surface area contributed by atoms with E-state index in [1.54, 1.807) is 19.3 Å². The van der Waals surface area contributed by atoms with Crippen LogP contribution in [0, 0.1) is 17.8 Å². The van der Waals surface area contributed by atoms with Gasteiger partial charge < -0.3 is 14.9 Å². The van der Waals surface area contributed by atoms with Gasteiger partial charge in [-0.3, -0.25) is 0 Å². The largest absolute Gasteiger partial charge is 0.872 e. The maximum Gasteiger partial charge on any atom is 0.328 e. The minimum Gasteiger partial charge on any atom is -0.872 e. The molecule has 0 radical (unpaired) electrons. The zero-order chi connectivity index (χ0) is 20.9. The summed E-state index contributed by atoms with van der Waals surface area (Å²) >= 11 is 0. The molecule has 4 aliphatic rings. The van der Waals surface area contributed by atoms with E-state index in [1.807, 2.05) is 24.3 Å². The first-order valence-corrected chi connectivity index (χ1v) is 10.9. The van der Waals surface area contributed by atoms with E-state index in [-0.39, 0.29) is 11.2 Å². The van der Waals surface area contributed by atoms with E-state index in [0.717, 1.165) is 71.1 Å². The van der Waals surface area contributed by atoms with Gasteiger partial charge in [0, 0.05) is 11.6 Å². The Kier molecular flexibility index (Phi) is 4.61. The molecule has 2 aromatic carbocycles. The van der Waals surface area contributed by atoms with Crippen molar-refractivity contribution in [1.82, 2.24) is 0 Å². The summed E-state index contributed by atoms with van der Waals surface area (Å²) in [5, 5.41) is 21.9. The lowest BCUT2D eigenvalue weighted by Gasteiger charge is -2.58. The molecule has 2 aromatic rings. The summed E-state index contributed by atoms with van der Waals surface area (Å²) in [6, 6.07) is 11.3. The van der Waals surface area contributed by atoms with E-state index in [2.05, 4.69) is 6.07 Å². The Labute approximate surface area is 177 Å². The zero-order valence-corrected chi connectivity index (χ0v) is 17.3. The topological polar surface area (TPSA) is 69.6 Å². The van der Waals surface area contributed by atoms with Crippen LogP contribution in [-0.2, 0) is 10.2 Å². The predicted molar refractivity (Wildman–Crippen MR) is 114 cm³/mol. The van der Waals surface area contributed by atoms with Crippen LogP contribution in [0.2, 0.25) is 0 Å². The molecule has 0 aromatic heterocycles. The van der Waals surface area contributed by atoms with Crippen LogP contribution in [0.25, 0.3) is 17.2 Å². The Balaban J connectivity index is 1.57. The fourth-order valence-corrected chi connectivity index (χ4v) is 6.77. The molecule has 4 heteroatoms. The van der Waals surface area contributed by atoms with E-state index >= 15 is 0 Å². The van der Waals surface area contributed by atoms with Gasteiger partial charge in [-0.25, -0.2) is 4.79 Å². The number of carbonyl (C=O) groups is 1. The number of rotatable bonds is 5. The van der Waals surface area contributed by atoms with Crippen molar-refractivity contribution in [2.75, 3.05) is 7.11 Å². The Hall–Kier alpha value is -2.75. The average Bonchev–Trinajstić information content (AvgIpc) is 2.71. The first-order valence-electron chi connectivity index (χ1n) is 10.9. The Morgan fingerprint density at radius 2 is 1.73 bits per heavy atom. The fourth-order valence-electron chi connectivity index (χ4n) is 6.77. The van der Waals surface area contributed by atoms with E-state index in [4.69, 9.17) is 9.84 Å². The van der Waals surface area contributed by atoms with Crippen molar-refractivity contribution in [3.8, 4) is 22.6 Å². The second-order valence-electron chi connectivity index (χ2n) is 9.54. The van der Waals surface area contributed by atoms with Crippen LogP contribution < -0.4 is 9.84 Å². The lowest BCUT2D eigenvalue weighted by Crippen LogP contribution is -2.48. The molecule has 30 heavy (non-hydrogen) atoms. The number of hydrogen-bond acceptors (Lipinski definition) is 3. The van der Waals surface area contributed by atoms with Gasteiger partial charge in [0.1, 0.15) is 5.75 Å². The van der Waals surface area contributed by atoms with Crippen molar-refractivity contribution in [1.29, 1.82) is 0 Å². The molecule has 0 spiro atoms. The summed E-state index contributed by atoms with van der Waals surface area (Å²) in [5.41, 5.74) is 3.65. The van der Waals surface area contributed by atoms with Crippen molar-refractivity contribution < 1.29 is 19.7 Å². The highest BCUT2D eigenvalue weighted by Gasteiger charge is 2.51. The lowest BCUT2D eigenvalue weighted by atomic mass is 9.48. The average molecular weight is 403 g/mol. The van der Waals surface area contributed by atoms with Gasteiger partial charge in [0.05, 0.1) is 7.11 Å². The standard InChI is InChI=1S/C26H28O4/c1-30-24-6-2-16(3-7-25(28)29)11-21(24)20-4-5-23(27)22(12-20)26-13-17-8-18(14-26)10-19(9-17)15-26/h2-7,11-12,17-19,27H,8-10,13-15H2,1H3,(H,28,29)/p-1/b7-3+. The third-order valence-corrected chi connectivity index (χ3v) is 7.54. The second kappa shape index (κ2) is 7.19. The maximum absolute atomic E-state index is 13.0. The zero-order valence-electron chi connectivity index (χ0n) is 17.3. The molecule has 4 saturated carbocycles. The first kappa shape index (κ1) is 19.2. The van der Waals surface area contributed by atoms with Crippen LogP contribution >= 0.6 is 0 Å². The van der Waals surface area contributed by atoms with E-state index in [0.29, 0.717) is 0 Å². The van der Waals surface area contributed by atoms with E-state index < -0.39 is 5.97 Å². The Bertz CT molecular complexity index is 984. The predicted octanol–water partition coefficient (Wildman–Crippen LogP) is 5.00. The van der Waals surface area contributed by atoms with Gasteiger partial charge in [0.2, 0.25) is 0 Å². The molecule has 0 amide bonds. The third-order valence-electron chi connectivity index (χ3n) is 7.54. The molecule has 4 bridgehead atoms. The quantitative estimate of drug-likeness (QED) is 0.713. The molecule has 0 saturated heterocycles. The molecule has 0 aliphatic heterocycles. The van der Waals surface area contributed by atoms with Gasteiger partial charge in [0.15, 0.2) is 0 Å². The summed E-state index contributed by atoms with van der Waals surface area (Å²) in [5.74, 6) is 2.22. The first-order chi connectivity index (χ1) is 14.5. The van der Waals surface area contributed by atoms with Gasteiger partial charge in [-0.05, 0) is 96.6 Å².